The van der Waals surface area contributed by atoms with Crippen molar-refractivity contribution in [3.63, 3.8) is 0 Å². The van der Waals surface area contributed by atoms with Crippen LogP contribution in [0.1, 0.15) is 45.1 Å². The summed E-state index contributed by atoms with van der Waals surface area (Å²) in [5.74, 6) is -7.00. The summed E-state index contributed by atoms with van der Waals surface area (Å²) in [6.45, 7) is 3.36. The summed E-state index contributed by atoms with van der Waals surface area (Å²) < 4.78 is 0. The standard InChI is InChI=1S/C26H35N5O9/c1-3-13(2)22(26(39)40)31-24(37)18(8-9-20(32)33)29-25(38)19(30-23(36)16(27)11-21(34)35)10-14-12-28-17-7-5-4-6-15(14)17/h4-7,12-13,16,18-19,22,28H,3,8-11,27H2,1-2H3,(H,29,38)(H,30,36)(H,31,37)(H,32,33)(H,34,35)(H,39,40). The first-order chi connectivity index (χ1) is 18.8. The zero-order valence-corrected chi connectivity index (χ0v) is 22.2. The van der Waals surface area contributed by atoms with Crippen LogP contribution in [0.5, 0.6) is 0 Å². The van der Waals surface area contributed by atoms with Gasteiger partial charge in [0.1, 0.15) is 18.1 Å². The van der Waals surface area contributed by atoms with Crippen molar-refractivity contribution >= 4 is 46.5 Å². The van der Waals surface area contributed by atoms with E-state index < -0.39 is 78.6 Å². The van der Waals surface area contributed by atoms with Crippen LogP contribution in [-0.2, 0) is 35.2 Å². The molecule has 0 fully saturated rings. The van der Waals surface area contributed by atoms with Gasteiger partial charge in [-0.2, -0.15) is 0 Å². The largest absolute Gasteiger partial charge is 0.481 e. The maximum absolute atomic E-state index is 13.4. The van der Waals surface area contributed by atoms with Crippen LogP contribution in [0.3, 0.4) is 0 Å². The van der Waals surface area contributed by atoms with Gasteiger partial charge in [0.2, 0.25) is 17.7 Å². The van der Waals surface area contributed by atoms with Crippen molar-refractivity contribution in [1.82, 2.24) is 20.9 Å². The third-order valence-corrected chi connectivity index (χ3v) is 6.52. The molecule has 1 aromatic heterocycles. The van der Waals surface area contributed by atoms with Gasteiger partial charge in [-0.25, -0.2) is 4.79 Å². The number of carbonyl (C=O) groups excluding carboxylic acids is 3. The van der Waals surface area contributed by atoms with Crippen LogP contribution in [0.25, 0.3) is 10.9 Å². The van der Waals surface area contributed by atoms with Crippen LogP contribution in [0.15, 0.2) is 30.5 Å². The molecule has 1 heterocycles. The second-order valence-electron chi connectivity index (χ2n) is 9.53. The van der Waals surface area contributed by atoms with E-state index in [4.69, 9.17) is 15.9 Å². The molecule has 0 bridgehead atoms. The van der Waals surface area contributed by atoms with Gasteiger partial charge in [0.15, 0.2) is 0 Å². The number of nitrogens with two attached hydrogens (primary N) is 1. The van der Waals surface area contributed by atoms with Gasteiger partial charge in [0.05, 0.1) is 12.5 Å². The fourth-order valence-corrected chi connectivity index (χ4v) is 4.04. The Balaban J connectivity index is 2.34. The number of fused-ring (bicyclic) bond motifs is 1. The summed E-state index contributed by atoms with van der Waals surface area (Å²) in [5.41, 5.74) is 7.05. The third-order valence-electron chi connectivity index (χ3n) is 6.52. The van der Waals surface area contributed by atoms with Crippen LogP contribution >= 0.6 is 0 Å². The summed E-state index contributed by atoms with van der Waals surface area (Å²) in [5, 5.41) is 35.6. The van der Waals surface area contributed by atoms with E-state index in [1.165, 1.54) is 0 Å². The Morgan fingerprint density at radius 1 is 0.900 bits per heavy atom. The minimum atomic E-state index is -1.46. The van der Waals surface area contributed by atoms with Crippen molar-refractivity contribution in [2.24, 2.45) is 11.7 Å². The SMILES string of the molecule is CCC(C)C(NC(=O)C(CCC(=O)O)NC(=O)C(Cc1c[nH]c2ccccc12)NC(=O)C(N)CC(=O)O)C(=O)O. The number of carbonyl (C=O) groups is 6. The number of hydrogen-bond acceptors (Lipinski definition) is 7. The first-order valence-electron chi connectivity index (χ1n) is 12.7. The molecule has 0 saturated carbocycles. The topological polar surface area (TPSA) is 241 Å². The number of rotatable bonds is 16. The molecule has 3 amide bonds. The number of nitrogens with one attached hydrogen (secondary N) is 4. The molecule has 218 valence electrons. The summed E-state index contributed by atoms with van der Waals surface area (Å²) in [6, 6.07) is 1.65. The first kappa shape index (κ1) is 31.8. The van der Waals surface area contributed by atoms with Gasteiger partial charge in [-0.3, -0.25) is 24.0 Å². The number of amides is 3. The Hall–Kier alpha value is -4.46. The molecule has 0 aliphatic carbocycles. The highest BCUT2D eigenvalue weighted by atomic mass is 16.4. The fraction of sp³-hybridized carbons (Fsp3) is 0.462. The minimum absolute atomic E-state index is 0.0841. The van der Waals surface area contributed by atoms with Crippen molar-refractivity contribution in [1.29, 1.82) is 0 Å². The van der Waals surface area contributed by atoms with E-state index in [2.05, 4.69) is 20.9 Å². The summed E-state index contributed by atoms with van der Waals surface area (Å²) in [4.78, 5) is 76.1. The van der Waals surface area contributed by atoms with Gasteiger partial charge >= 0.3 is 17.9 Å². The number of aromatic amines is 1. The lowest BCUT2D eigenvalue weighted by Crippen LogP contribution is -2.58. The van der Waals surface area contributed by atoms with E-state index in [0.717, 1.165) is 10.9 Å². The molecule has 2 aromatic rings. The highest BCUT2D eigenvalue weighted by molar-refractivity contribution is 5.95. The Bertz CT molecular complexity index is 1240. The quantitative estimate of drug-likeness (QED) is 0.136. The molecule has 5 atom stereocenters. The van der Waals surface area contributed by atoms with Crippen molar-refractivity contribution in [2.45, 2.75) is 70.1 Å². The average molecular weight is 562 g/mol. The zero-order chi connectivity index (χ0) is 30.0. The number of carboxylic acid groups (broad SMARTS) is 3. The molecule has 9 N–H and O–H groups in total. The highest BCUT2D eigenvalue weighted by Gasteiger charge is 2.32. The van der Waals surface area contributed by atoms with E-state index in [1.54, 1.807) is 44.3 Å². The number of aromatic nitrogens is 1. The third kappa shape index (κ3) is 9.08. The molecule has 0 spiro atoms. The van der Waals surface area contributed by atoms with Gasteiger partial charge in [0.25, 0.3) is 0 Å². The Morgan fingerprint density at radius 2 is 1.52 bits per heavy atom. The van der Waals surface area contributed by atoms with E-state index in [9.17, 15) is 33.9 Å². The van der Waals surface area contributed by atoms with E-state index in [-0.39, 0.29) is 12.8 Å². The molecule has 2 rings (SSSR count). The first-order valence-corrected chi connectivity index (χ1v) is 12.7. The second kappa shape index (κ2) is 14.6. The summed E-state index contributed by atoms with van der Waals surface area (Å²) >= 11 is 0. The Kier molecular flexibility index (Phi) is 11.6. The van der Waals surface area contributed by atoms with Crippen molar-refractivity contribution < 1.29 is 44.1 Å². The molecule has 0 radical (unpaired) electrons. The van der Waals surface area contributed by atoms with Crippen molar-refractivity contribution in [3.8, 4) is 0 Å². The second-order valence-corrected chi connectivity index (χ2v) is 9.53. The number of para-hydroxylation sites is 1. The van der Waals surface area contributed by atoms with Gasteiger partial charge in [-0.05, 0) is 24.0 Å². The molecule has 0 aliphatic rings. The molecule has 1 aromatic carbocycles. The van der Waals surface area contributed by atoms with Gasteiger partial charge in [-0.1, -0.05) is 38.5 Å². The van der Waals surface area contributed by atoms with Crippen LogP contribution in [0.4, 0.5) is 0 Å². The minimum Gasteiger partial charge on any atom is -0.481 e. The normalized spacial score (nSPS) is 14.8. The fourth-order valence-electron chi connectivity index (χ4n) is 4.04. The molecule has 0 aliphatic heterocycles. The Labute approximate surface area is 229 Å². The molecular formula is C26H35N5O9. The molecule has 40 heavy (non-hydrogen) atoms. The summed E-state index contributed by atoms with van der Waals surface area (Å²) in [7, 11) is 0. The molecule has 5 unspecified atom stereocenters. The summed E-state index contributed by atoms with van der Waals surface area (Å²) in [6.07, 6.45) is 0.419. The number of H-pyrrole nitrogens is 1. The monoisotopic (exact) mass is 561 g/mol. The smallest absolute Gasteiger partial charge is 0.326 e. The van der Waals surface area contributed by atoms with Gasteiger partial charge in [-0.15, -0.1) is 0 Å². The predicted molar refractivity (Wildman–Crippen MR) is 142 cm³/mol. The maximum Gasteiger partial charge on any atom is 0.326 e. The van der Waals surface area contributed by atoms with Crippen molar-refractivity contribution in [2.75, 3.05) is 0 Å². The Morgan fingerprint density at radius 3 is 2.12 bits per heavy atom. The number of benzene rings is 1. The number of carboxylic acids is 3. The molecule has 0 saturated heterocycles. The molecule has 14 nitrogen and oxygen atoms in total. The lowest BCUT2D eigenvalue weighted by molar-refractivity contribution is -0.144. The lowest BCUT2D eigenvalue weighted by atomic mass is 9.98. The van der Waals surface area contributed by atoms with E-state index >= 15 is 0 Å². The van der Waals surface area contributed by atoms with E-state index in [0.29, 0.717) is 12.0 Å². The number of hydrogen-bond donors (Lipinski definition) is 8. The zero-order valence-electron chi connectivity index (χ0n) is 22.2. The van der Waals surface area contributed by atoms with Crippen LogP contribution in [0.2, 0.25) is 0 Å². The number of aliphatic carboxylic acids is 3. The van der Waals surface area contributed by atoms with Crippen LogP contribution in [-0.4, -0.2) is 80.1 Å². The average Bonchev–Trinajstić information content (AvgIpc) is 3.30. The highest BCUT2D eigenvalue weighted by Crippen LogP contribution is 2.19. The molecular weight excluding hydrogens is 526 g/mol. The predicted octanol–water partition coefficient (Wildman–Crippen LogP) is -0.0377. The van der Waals surface area contributed by atoms with Gasteiger partial charge < -0.3 is 42.0 Å². The van der Waals surface area contributed by atoms with Crippen molar-refractivity contribution in [3.05, 3.63) is 36.0 Å². The van der Waals surface area contributed by atoms with Crippen LogP contribution < -0.4 is 21.7 Å². The van der Waals surface area contributed by atoms with E-state index in [1.807, 2.05) is 0 Å². The molecule has 14 heteroatoms. The maximum atomic E-state index is 13.4. The van der Waals surface area contributed by atoms with Gasteiger partial charge in [0, 0.05) is 29.9 Å². The van der Waals surface area contributed by atoms with Crippen LogP contribution in [0, 0.1) is 5.92 Å². The lowest BCUT2D eigenvalue weighted by Gasteiger charge is -2.26.